The fourth-order valence-corrected chi connectivity index (χ4v) is 3.18. The van der Waals surface area contributed by atoms with Gasteiger partial charge in [0.15, 0.2) is 11.2 Å². The van der Waals surface area contributed by atoms with Gasteiger partial charge in [-0.1, -0.05) is 30.3 Å². The molecule has 0 amide bonds. The van der Waals surface area contributed by atoms with Crippen molar-refractivity contribution in [3.05, 3.63) is 86.6 Å². The Hall–Kier alpha value is -4.14. The third-order valence-corrected chi connectivity index (χ3v) is 4.80. The van der Waals surface area contributed by atoms with E-state index in [1.54, 1.807) is 42.1 Å². The highest BCUT2D eigenvalue weighted by atomic mass is 16.3. The van der Waals surface area contributed by atoms with E-state index in [0.29, 0.717) is 18.0 Å². The third kappa shape index (κ3) is 3.48. The number of fused-ring (bicyclic) bond motifs is 1. The first-order valence-corrected chi connectivity index (χ1v) is 9.24. The van der Waals surface area contributed by atoms with Gasteiger partial charge < -0.3 is 5.11 Å². The Morgan fingerprint density at radius 2 is 1.73 bits per heavy atom. The summed E-state index contributed by atoms with van der Waals surface area (Å²) in [5.41, 5.74) is 4.34. The molecule has 0 fully saturated rings. The number of nitrogens with zero attached hydrogens (tertiary/aromatic N) is 5. The van der Waals surface area contributed by atoms with Crippen LogP contribution >= 0.6 is 0 Å². The lowest BCUT2D eigenvalue weighted by Crippen LogP contribution is -2.37. The molecule has 0 saturated carbocycles. The lowest BCUT2D eigenvalue weighted by atomic mass is 10.2. The molecule has 30 heavy (non-hydrogen) atoms. The van der Waals surface area contributed by atoms with Crippen molar-refractivity contribution in [1.29, 1.82) is 0 Å². The van der Waals surface area contributed by atoms with E-state index in [1.165, 1.54) is 11.6 Å². The quantitative estimate of drug-likeness (QED) is 0.388. The number of hydrogen-bond donors (Lipinski definition) is 2. The van der Waals surface area contributed by atoms with Crippen LogP contribution in [0.4, 0.5) is 5.95 Å². The fraction of sp³-hybridized carbons (Fsp3) is 0.143. The minimum absolute atomic E-state index is 0.168. The highest BCUT2D eigenvalue weighted by Crippen LogP contribution is 2.18. The Labute approximate surface area is 171 Å². The second kappa shape index (κ2) is 7.70. The van der Waals surface area contributed by atoms with Crippen molar-refractivity contribution >= 4 is 23.3 Å². The molecule has 0 radical (unpaired) electrons. The number of hydrogen-bond acceptors (Lipinski definition) is 6. The Morgan fingerprint density at radius 1 is 1.03 bits per heavy atom. The zero-order chi connectivity index (χ0) is 21.3. The lowest BCUT2D eigenvalue weighted by Gasteiger charge is -2.09. The van der Waals surface area contributed by atoms with Crippen LogP contribution in [-0.4, -0.2) is 30.0 Å². The maximum atomic E-state index is 12.9. The van der Waals surface area contributed by atoms with Crippen molar-refractivity contribution in [3.63, 3.8) is 0 Å². The molecule has 0 aliphatic heterocycles. The summed E-state index contributed by atoms with van der Waals surface area (Å²) < 4.78 is 4.11. The van der Waals surface area contributed by atoms with Crippen molar-refractivity contribution in [2.24, 2.45) is 19.2 Å². The standard InChI is InChI=1S/C21H20N6O3/c1-25-18-17(19(29)26(2)21(25)30)27(13-15-6-4-3-5-7-15)20(23-18)24-22-12-14-8-10-16(28)11-9-14/h3-12,28H,13H2,1-2H3,(H,23,24)/b22-12-. The number of hydrazone groups is 1. The van der Waals surface area contributed by atoms with Crippen molar-refractivity contribution in [2.75, 3.05) is 5.43 Å². The van der Waals surface area contributed by atoms with E-state index in [9.17, 15) is 14.7 Å². The Balaban J connectivity index is 1.81. The summed E-state index contributed by atoms with van der Waals surface area (Å²) in [4.78, 5) is 29.6. The molecule has 0 bridgehead atoms. The summed E-state index contributed by atoms with van der Waals surface area (Å²) in [6.45, 7) is 0.377. The minimum atomic E-state index is -0.448. The van der Waals surface area contributed by atoms with E-state index in [0.717, 1.165) is 15.7 Å². The van der Waals surface area contributed by atoms with E-state index in [2.05, 4.69) is 15.5 Å². The maximum Gasteiger partial charge on any atom is 0.332 e. The number of aromatic nitrogens is 4. The molecule has 0 atom stereocenters. The minimum Gasteiger partial charge on any atom is -0.508 e. The monoisotopic (exact) mass is 404 g/mol. The summed E-state index contributed by atoms with van der Waals surface area (Å²) >= 11 is 0. The number of phenolic OH excluding ortho intramolecular Hbond substituents is 1. The molecule has 2 heterocycles. The van der Waals surface area contributed by atoms with Gasteiger partial charge in [-0.3, -0.25) is 18.5 Å². The third-order valence-electron chi connectivity index (χ3n) is 4.80. The first-order chi connectivity index (χ1) is 14.5. The molecule has 0 aliphatic carbocycles. The number of benzene rings is 2. The van der Waals surface area contributed by atoms with Crippen LogP contribution in [0.25, 0.3) is 11.2 Å². The summed E-state index contributed by atoms with van der Waals surface area (Å²) in [7, 11) is 3.02. The number of aryl methyl sites for hydroxylation is 1. The van der Waals surface area contributed by atoms with Gasteiger partial charge in [0.1, 0.15) is 5.75 Å². The summed E-state index contributed by atoms with van der Waals surface area (Å²) in [6.07, 6.45) is 1.57. The van der Waals surface area contributed by atoms with E-state index in [1.807, 2.05) is 30.3 Å². The van der Waals surface area contributed by atoms with Crippen LogP contribution in [0.2, 0.25) is 0 Å². The Bertz CT molecular complexity index is 1350. The molecule has 0 saturated heterocycles. The zero-order valence-electron chi connectivity index (χ0n) is 16.5. The topological polar surface area (TPSA) is 106 Å². The van der Waals surface area contributed by atoms with E-state index >= 15 is 0 Å². The van der Waals surface area contributed by atoms with Crippen LogP contribution in [0.5, 0.6) is 5.75 Å². The predicted octanol–water partition coefficient (Wildman–Crippen LogP) is 1.63. The normalized spacial score (nSPS) is 11.4. The van der Waals surface area contributed by atoms with Gasteiger partial charge in [0, 0.05) is 14.1 Å². The highest BCUT2D eigenvalue weighted by Gasteiger charge is 2.19. The predicted molar refractivity (Wildman–Crippen MR) is 115 cm³/mol. The van der Waals surface area contributed by atoms with E-state index in [-0.39, 0.29) is 11.4 Å². The Morgan fingerprint density at radius 3 is 2.43 bits per heavy atom. The molecule has 152 valence electrons. The van der Waals surface area contributed by atoms with Gasteiger partial charge >= 0.3 is 5.69 Å². The second-order valence-corrected chi connectivity index (χ2v) is 6.85. The highest BCUT2D eigenvalue weighted by molar-refractivity contribution is 5.80. The first-order valence-electron chi connectivity index (χ1n) is 9.24. The van der Waals surface area contributed by atoms with E-state index < -0.39 is 11.2 Å². The van der Waals surface area contributed by atoms with Gasteiger partial charge in [-0.2, -0.15) is 10.1 Å². The van der Waals surface area contributed by atoms with E-state index in [4.69, 9.17) is 0 Å². The SMILES string of the molecule is Cn1c(=O)c2c(nc(N/N=C\c3ccc(O)cc3)n2Cc2ccccc2)n(C)c1=O. The van der Waals surface area contributed by atoms with Crippen molar-refractivity contribution < 1.29 is 5.11 Å². The molecule has 2 N–H and O–H groups in total. The van der Waals surface area contributed by atoms with Crippen LogP contribution in [-0.2, 0) is 20.6 Å². The van der Waals surface area contributed by atoms with Gasteiger partial charge in [0.25, 0.3) is 5.56 Å². The number of rotatable bonds is 5. The van der Waals surface area contributed by atoms with Gasteiger partial charge in [0.05, 0.1) is 12.8 Å². The average Bonchev–Trinajstić information content (AvgIpc) is 3.11. The molecule has 0 spiro atoms. The van der Waals surface area contributed by atoms with Gasteiger partial charge in [-0.15, -0.1) is 0 Å². The molecule has 4 aromatic rings. The first kappa shape index (κ1) is 19.2. The van der Waals surface area contributed by atoms with Crippen LogP contribution in [0.15, 0.2) is 69.3 Å². The molecule has 9 nitrogen and oxygen atoms in total. The molecule has 9 heteroatoms. The van der Waals surface area contributed by atoms with Gasteiger partial charge in [-0.05, 0) is 35.4 Å². The molecule has 2 aromatic heterocycles. The fourth-order valence-electron chi connectivity index (χ4n) is 3.18. The summed E-state index contributed by atoms with van der Waals surface area (Å²) in [5, 5.41) is 13.6. The largest absolute Gasteiger partial charge is 0.508 e. The molecule has 4 rings (SSSR count). The molecular weight excluding hydrogens is 384 g/mol. The number of phenols is 1. The number of aromatic hydroxyl groups is 1. The number of nitrogens with one attached hydrogen (secondary N) is 1. The number of imidazole rings is 1. The van der Waals surface area contributed by atoms with Crippen LogP contribution in [0.1, 0.15) is 11.1 Å². The average molecular weight is 404 g/mol. The van der Waals surface area contributed by atoms with Crippen LogP contribution < -0.4 is 16.7 Å². The molecule has 2 aromatic carbocycles. The van der Waals surface area contributed by atoms with Crippen LogP contribution in [0, 0.1) is 0 Å². The van der Waals surface area contributed by atoms with Crippen LogP contribution in [0.3, 0.4) is 0 Å². The Kier molecular flexibility index (Phi) is 4.93. The molecule has 0 unspecified atom stereocenters. The molecule has 0 aliphatic rings. The zero-order valence-corrected chi connectivity index (χ0v) is 16.5. The number of anilines is 1. The second-order valence-electron chi connectivity index (χ2n) is 6.85. The maximum absolute atomic E-state index is 12.9. The van der Waals surface area contributed by atoms with Gasteiger partial charge in [0.2, 0.25) is 5.95 Å². The summed E-state index contributed by atoms with van der Waals surface area (Å²) in [5.74, 6) is 0.503. The lowest BCUT2D eigenvalue weighted by molar-refractivity contribution is 0.475. The smallest absolute Gasteiger partial charge is 0.332 e. The molecular formula is C21H20N6O3. The van der Waals surface area contributed by atoms with Gasteiger partial charge in [-0.25, -0.2) is 10.2 Å². The summed E-state index contributed by atoms with van der Waals surface area (Å²) in [6, 6.07) is 16.2. The van der Waals surface area contributed by atoms with Crippen molar-refractivity contribution in [3.8, 4) is 5.75 Å². The van der Waals surface area contributed by atoms with Crippen molar-refractivity contribution in [1.82, 2.24) is 18.7 Å². The van der Waals surface area contributed by atoms with Crippen molar-refractivity contribution in [2.45, 2.75) is 6.54 Å².